The molecule has 37 heavy (non-hydrogen) atoms. The lowest BCUT2D eigenvalue weighted by Crippen LogP contribution is -2.43. The van der Waals surface area contributed by atoms with E-state index in [1.54, 1.807) is 0 Å². The second kappa shape index (κ2) is 8.47. The van der Waals surface area contributed by atoms with Crippen LogP contribution in [-0.2, 0) is 11.8 Å². The number of imidazole rings is 1. The predicted molar refractivity (Wildman–Crippen MR) is 134 cm³/mol. The smallest absolute Gasteiger partial charge is 0.228 e. The van der Waals surface area contributed by atoms with Gasteiger partial charge in [-0.3, -0.25) is 4.68 Å². The van der Waals surface area contributed by atoms with Crippen LogP contribution < -0.4 is 9.80 Å². The summed E-state index contributed by atoms with van der Waals surface area (Å²) in [6.07, 6.45) is 7.10. The number of halogens is 2. The molecule has 2 aliphatic heterocycles. The van der Waals surface area contributed by atoms with Gasteiger partial charge in [-0.05, 0) is 38.3 Å². The van der Waals surface area contributed by atoms with Gasteiger partial charge < -0.3 is 19.1 Å². The molecule has 0 spiro atoms. The third-order valence-corrected chi connectivity index (χ3v) is 7.48. The van der Waals surface area contributed by atoms with Crippen LogP contribution in [0.1, 0.15) is 43.9 Å². The first-order valence-corrected chi connectivity index (χ1v) is 12.8. The Hall–Kier alpha value is -3.60. The molecule has 3 aromatic heterocycles. The first-order valence-electron chi connectivity index (χ1n) is 12.8. The Morgan fingerprint density at radius 3 is 2.59 bits per heavy atom. The van der Waals surface area contributed by atoms with Crippen molar-refractivity contribution >= 4 is 23.1 Å². The molecule has 1 saturated carbocycles. The van der Waals surface area contributed by atoms with Gasteiger partial charge in [-0.2, -0.15) is 15.1 Å². The number of morpholine rings is 1. The van der Waals surface area contributed by atoms with Crippen LogP contribution in [0.5, 0.6) is 0 Å². The second-order valence-electron chi connectivity index (χ2n) is 10.3. The molecule has 0 bridgehead atoms. The molecule has 0 unspecified atom stereocenters. The maximum atomic E-state index is 15.0. The minimum atomic E-state index is -0.668. The Kier molecular flexibility index (Phi) is 5.17. The van der Waals surface area contributed by atoms with Crippen LogP contribution >= 0.6 is 0 Å². The zero-order valence-corrected chi connectivity index (χ0v) is 20.8. The first-order chi connectivity index (χ1) is 17.9. The van der Waals surface area contributed by atoms with Gasteiger partial charge in [0.2, 0.25) is 11.9 Å². The lowest BCUT2D eigenvalue weighted by Gasteiger charge is -2.36. The van der Waals surface area contributed by atoms with Crippen molar-refractivity contribution < 1.29 is 13.5 Å². The van der Waals surface area contributed by atoms with Crippen LogP contribution in [0.2, 0.25) is 0 Å². The molecule has 192 valence electrons. The summed E-state index contributed by atoms with van der Waals surface area (Å²) in [5, 5.41) is 4.53. The number of benzene rings is 1. The Morgan fingerprint density at radius 2 is 1.86 bits per heavy atom. The van der Waals surface area contributed by atoms with Gasteiger partial charge >= 0.3 is 0 Å². The first kappa shape index (κ1) is 22.6. The van der Waals surface area contributed by atoms with Gasteiger partial charge in [0, 0.05) is 50.1 Å². The summed E-state index contributed by atoms with van der Waals surface area (Å²) < 4.78 is 39.0. The number of aromatic nitrogens is 6. The van der Waals surface area contributed by atoms with E-state index in [9.17, 15) is 4.39 Å². The fourth-order valence-electron chi connectivity index (χ4n) is 5.25. The SMILES string of the molecule is C[C@@H]1CN(c2nc(-c3ccc(F)cc3F)c3c(n2)nc(N2CCC2)n3C)C[C@@H](c2cnn(C3CC3)c2)O1. The highest BCUT2D eigenvalue weighted by Gasteiger charge is 2.32. The summed E-state index contributed by atoms with van der Waals surface area (Å²) in [5.41, 5.74) is 2.76. The van der Waals surface area contributed by atoms with Crippen LogP contribution in [0, 0.1) is 11.6 Å². The van der Waals surface area contributed by atoms with Gasteiger partial charge in [0.05, 0.1) is 24.9 Å². The third kappa shape index (κ3) is 3.92. The summed E-state index contributed by atoms with van der Waals surface area (Å²) in [5.74, 6) is -0.0700. The molecule has 0 radical (unpaired) electrons. The summed E-state index contributed by atoms with van der Waals surface area (Å²) >= 11 is 0. The number of ether oxygens (including phenoxy) is 1. The van der Waals surface area contributed by atoms with Crippen molar-refractivity contribution in [3.63, 3.8) is 0 Å². The third-order valence-electron chi connectivity index (χ3n) is 7.48. The van der Waals surface area contributed by atoms with E-state index in [1.807, 2.05) is 29.4 Å². The molecular formula is C26H28F2N8O. The molecule has 3 aliphatic rings. The Bertz CT molecular complexity index is 1490. The molecule has 1 aliphatic carbocycles. The van der Waals surface area contributed by atoms with E-state index in [0.717, 1.165) is 49.9 Å². The van der Waals surface area contributed by atoms with Crippen LogP contribution in [0.3, 0.4) is 0 Å². The average molecular weight is 507 g/mol. The molecule has 7 rings (SSSR count). The maximum Gasteiger partial charge on any atom is 0.228 e. The van der Waals surface area contributed by atoms with Gasteiger partial charge in [0.1, 0.15) is 28.9 Å². The summed E-state index contributed by atoms with van der Waals surface area (Å²) in [7, 11) is 1.89. The van der Waals surface area contributed by atoms with Gasteiger partial charge in [-0.1, -0.05) is 0 Å². The number of rotatable bonds is 5. The summed E-state index contributed by atoms with van der Waals surface area (Å²) in [4.78, 5) is 18.8. The molecular weight excluding hydrogens is 478 g/mol. The van der Waals surface area contributed by atoms with E-state index in [-0.39, 0.29) is 17.8 Å². The van der Waals surface area contributed by atoms with Gasteiger partial charge in [-0.25, -0.2) is 13.8 Å². The number of hydrogen-bond donors (Lipinski definition) is 0. The molecule has 1 aromatic carbocycles. The van der Waals surface area contributed by atoms with E-state index in [4.69, 9.17) is 19.7 Å². The summed E-state index contributed by atoms with van der Waals surface area (Å²) in [6.45, 7) is 4.95. The standard InChI is InChI=1S/C26H28F2N8O/c1-15-12-35(14-21(37-15)16-11-29-36(13-16)18-5-6-18)25-30-22(19-7-4-17(27)10-20(19)28)23-24(31-25)32-26(33(23)2)34-8-3-9-34/h4,7,10-11,13,15,18,21H,3,5-6,8-9,12,14H2,1-2H3/t15-,21+/m1/s1. The van der Waals surface area contributed by atoms with E-state index in [2.05, 4.69) is 21.1 Å². The molecule has 0 N–H and O–H groups in total. The topological polar surface area (TPSA) is 77.1 Å². The largest absolute Gasteiger partial charge is 0.367 e. The minimum absolute atomic E-state index is 0.0753. The van der Waals surface area contributed by atoms with Crippen LogP contribution in [0.4, 0.5) is 20.7 Å². The van der Waals surface area contributed by atoms with Crippen molar-refractivity contribution in [2.75, 3.05) is 36.0 Å². The molecule has 4 aromatic rings. The lowest BCUT2D eigenvalue weighted by molar-refractivity contribution is -0.0178. The van der Waals surface area contributed by atoms with Crippen molar-refractivity contribution in [2.45, 2.75) is 44.4 Å². The van der Waals surface area contributed by atoms with Crippen LogP contribution in [-0.4, -0.2) is 61.6 Å². The predicted octanol–water partition coefficient (Wildman–Crippen LogP) is 4.02. The van der Waals surface area contributed by atoms with Crippen molar-refractivity contribution in [3.05, 3.63) is 47.8 Å². The van der Waals surface area contributed by atoms with Crippen molar-refractivity contribution in [2.24, 2.45) is 7.05 Å². The second-order valence-corrected chi connectivity index (χ2v) is 10.3. The molecule has 11 heteroatoms. The van der Waals surface area contributed by atoms with Crippen molar-refractivity contribution in [1.29, 1.82) is 0 Å². The van der Waals surface area contributed by atoms with E-state index >= 15 is 4.39 Å². The molecule has 5 heterocycles. The zero-order chi connectivity index (χ0) is 25.3. The Morgan fingerprint density at radius 1 is 1.03 bits per heavy atom. The van der Waals surface area contributed by atoms with Gasteiger partial charge in [0.25, 0.3) is 0 Å². The number of hydrogen-bond acceptors (Lipinski definition) is 7. The van der Waals surface area contributed by atoms with Crippen molar-refractivity contribution in [1.82, 2.24) is 29.3 Å². The van der Waals surface area contributed by atoms with Gasteiger partial charge in [-0.15, -0.1) is 0 Å². The fourth-order valence-corrected chi connectivity index (χ4v) is 5.25. The summed E-state index contributed by atoms with van der Waals surface area (Å²) in [6, 6.07) is 4.07. The fraction of sp³-hybridized carbons (Fsp3) is 0.462. The van der Waals surface area contributed by atoms with Crippen molar-refractivity contribution in [3.8, 4) is 11.3 Å². The van der Waals surface area contributed by atoms with Gasteiger partial charge in [0.15, 0.2) is 5.65 Å². The molecule has 3 fully saturated rings. The number of aryl methyl sites for hydroxylation is 1. The number of fused-ring (bicyclic) bond motifs is 1. The van der Waals surface area contributed by atoms with E-state index < -0.39 is 11.6 Å². The zero-order valence-electron chi connectivity index (χ0n) is 20.8. The lowest BCUT2D eigenvalue weighted by atomic mass is 10.1. The molecule has 9 nitrogen and oxygen atoms in total. The monoisotopic (exact) mass is 506 g/mol. The minimum Gasteiger partial charge on any atom is -0.367 e. The maximum absolute atomic E-state index is 15.0. The number of anilines is 2. The highest BCUT2D eigenvalue weighted by Crippen LogP contribution is 2.37. The molecule has 2 atom stereocenters. The average Bonchev–Trinajstić information content (AvgIpc) is 3.48. The quantitative estimate of drug-likeness (QED) is 0.405. The van der Waals surface area contributed by atoms with Crippen LogP contribution in [0.25, 0.3) is 22.4 Å². The van der Waals surface area contributed by atoms with Crippen LogP contribution in [0.15, 0.2) is 30.6 Å². The van der Waals surface area contributed by atoms with E-state index in [1.165, 1.54) is 12.1 Å². The Labute approximate surface area is 212 Å². The normalized spacial score (nSPS) is 22.1. The van der Waals surface area contributed by atoms with E-state index in [0.29, 0.717) is 41.9 Å². The highest BCUT2D eigenvalue weighted by molar-refractivity contribution is 5.90. The molecule has 2 saturated heterocycles. The number of nitrogens with zero attached hydrogens (tertiary/aromatic N) is 8. The Balaban J connectivity index is 1.32. The highest BCUT2D eigenvalue weighted by atomic mass is 19.1. The molecule has 0 amide bonds.